The van der Waals surface area contributed by atoms with E-state index in [-0.39, 0.29) is 6.61 Å². The van der Waals surface area contributed by atoms with Crippen molar-refractivity contribution in [2.24, 2.45) is 0 Å². The van der Waals surface area contributed by atoms with Gasteiger partial charge in [-0.2, -0.15) is 0 Å². The highest BCUT2D eigenvalue weighted by molar-refractivity contribution is 7.89. The number of carbonyl (C=O) groups is 2. The van der Waals surface area contributed by atoms with Crippen molar-refractivity contribution in [1.29, 1.82) is 0 Å². The molecular weight excluding hydrogens is 332 g/mol. The van der Waals surface area contributed by atoms with Crippen LogP contribution < -0.4 is 5.32 Å². The smallest absolute Gasteiger partial charge is 0.329 e. The third kappa shape index (κ3) is 5.61. The van der Waals surface area contributed by atoms with E-state index in [1.165, 1.54) is 4.31 Å². The summed E-state index contributed by atoms with van der Waals surface area (Å²) in [7, 11) is -3.70. The second-order valence-corrected chi connectivity index (χ2v) is 7.02. The van der Waals surface area contributed by atoms with Gasteiger partial charge < -0.3 is 10.1 Å². The quantitative estimate of drug-likeness (QED) is 0.667. The molecule has 0 spiro atoms. The lowest BCUT2D eigenvalue weighted by Crippen LogP contribution is -2.49. The maximum atomic E-state index is 12.4. The predicted octanol–water partition coefficient (Wildman–Crippen LogP) is 1.02. The van der Waals surface area contributed by atoms with Crippen molar-refractivity contribution in [3.05, 3.63) is 35.9 Å². The Bertz CT molecular complexity index is 642. The van der Waals surface area contributed by atoms with Gasteiger partial charge in [0.2, 0.25) is 10.0 Å². The van der Waals surface area contributed by atoms with Crippen LogP contribution in [0, 0.1) is 0 Å². The molecule has 0 bridgehead atoms. The summed E-state index contributed by atoms with van der Waals surface area (Å²) in [6.45, 7) is 5.72. The lowest BCUT2D eigenvalue weighted by molar-refractivity contribution is -0.144. The predicted molar refractivity (Wildman–Crippen MR) is 91.0 cm³/mol. The van der Waals surface area contributed by atoms with Crippen LogP contribution in [0.25, 0.3) is 0 Å². The Kier molecular flexibility index (Phi) is 7.87. The van der Waals surface area contributed by atoms with Crippen molar-refractivity contribution in [2.45, 2.75) is 26.8 Å². The minimum atomic E-state index is -3.70. The van der Waals surface area contributed by atoms with Crippen LogP contribution in [0.3, 0.4) is 0 Å². The van der Waals surface area contributed by atoms with E-state index < -0.39 is 33.7 Å². The highest BCUT2D eigenvalue weighted by Gasteiger charge is 2.31. The molecular formula is C16H24N2O5S. The molecule has 1 aromatic rings. The van der Waals surface area contributed by atoms with Crippen molar-refractivity contribution in [3.8, 4) is 0 Å². The van der Waals surface area contributed by atoms with Gasteiger partial charge in [0.05, 0.1) is 12.4 Å². The Morgan fingerprint density at radius 1 is 1.12 bits per heavy atom. The second kappa shape index (κ2) is 9.39. The minimum absolute atomic E-state index is 0.0991. The van der Waals surface area contributed by atoms with Crippen molar-refractivity contribution >= 4 is 21.9 Å². The van der Waals surface area contributed by atoms with Gasteiger partial charge in [-0.15, -0.1) is 0 Å². The number of nitrogens with zero attached hydrogens (tertiary/aromatic N) is 1. The van der Waals surface area contributed by atoms with Gasteiger partial charge >= 0.3 is 5.97 Å². The third-order valence-electron chi connectivity index (χ3n) is 3.39. The molecule has 7 nitrogen and oxygen atoms in total. The fraction of sp³-hybridized carbons (Fsp3) is 0.500. The molecule has 1 unspecified atom stereocenters. The Balaban J connectivity index is 2.96. The summed E-state index contributed by atoms with van der Waals surface area (Å²) in [5.41, 5.74) is 0.340. The first-order chi connectivity index (χ1) is 11.4. The molecule has 1 amide bonds. The van der Waals surface area contributed by atoms with Gasteiger partial charge in [-0.1, -0.05) is 32.0 Å². The van der Waals surface area contributed by atoms with E-state index in [2.05, 4.69) is 5.32 Å². The third-order valence-corrected chi connectivity index (χ3v) is 5.45. The molecule has 0 saturated heterocycles. The summed E-state index contributed by atoms with van der Waals surface area (Å²) >= 11 is 0. The van der Waals surface area contributed by atoms with Crippen molar-refractivity contribution in [2.75, 3.05) is 25.4 Å². The van der Waals surface area contributed by atoms with E-state index in [1.54, 1.807) is 51.1 Å². The molecule has 0 heterocycles. The molecule has 134 valence electrons. The van der Waals surface area contributed by atoms with E-state index in [0.29, 0.717) is 18.7 Å². The normalized spacial score (nSPS) is 12.7. The SMILES string of the molecule is CCOC(=O)C(CS(=O)(=O)N(CC)CC)NC(=O)c1ccccc1. The van der Waals surface area contributed by atoms with Gasteiger partial charge in [-0.05, 0) is 19.1 Å². The minimum Gasteiger partial charge on any atom is -0.464 e. The lowest BCUT2D eigenvalue weighted by atomic mass is 10.2. The number of hydrogen-bond donors (Lipinski definition) is 1. The lowest BCUT2D eigenvalue weighted by Gasteiger charge is -2.22. The highest BCUT2D eigenvalue weighted by Crippen LogP contribution is 2.06. The monoisotopic (exact) mass is 356 g/mol. The van der Waals surface area contributed by atoms with Crippen LogP contribution in [0.15, 0.2) is 30.3 Å². The van der Waals surface area contributed by atoms with E-state index >= 15 is 0 Å². The molecule has 0 aliphatic carbocycles. The van der Waals surface area contributed by atoms with E-state index in [1.807, 2.05) is 0 Å². The zero-order valence-electron chi connectivity index (χ0n) is 14.2. The molecule has 0 fully saturated rings. The Morgan fingerprint density at radius 2 is 1.71 bits per heavy atom. The molecule has 0 aliphatic heterocycles. The van der Waals surface area contributed by atoms with Crippen LogP contribution in [-0.2, 0) is 19.6 Å². The van der Waals surface area contributed by atoms with Crippen LogP contribution in [-0.4, -0.2) is 56.1 Å². The standard InChI is InChI=1S/C16H24N2O5S/c1-4-18(5-2)24(21,22)12-14(16(20)23-6-3)17-15(19)13-10-8-7-9-11-13/h7-11,14H,4-6,12H2,1-3H3,(H,17,19). The van der Waals surface area contributed by atoms with Gasteiger partial charge in [0.1, 0.15) is 6.04 Å². The molecule has 0 aromatic heterocycles. The molecule has 1 rings (SSSR count). The first-order valence-corrected chi connectivity index (χ1v) is 9.46. The zero-order valence-corrected chi connectivity index (χ0v) is 15.0. The van der Waals surface area contributed by atoms with Gasteiger partial charge in [0, 0.05) is 18.7 Å². The number of benzene rings is 1. The Hall–Kier alpha value is -1.93. The second-order valence-electron chi connectivity index (χ2n) is 5.01. The molecule has 1 N–H and O–H groups in total. The van der Waals surface area contributed by atoms with Gasteiger partial charge in [-0.3, -0.25) is 4.79 Å². The molecule has 0 saturated carbocycles. The molecule has 1 atom stereocenters. The van der Waals surface area contributed by atoms with E-state index in [4.69, 9.17) is 4.74 Å². The van der Waals surface area contributed by atoms with Gasteiger partial charge in [0.15, 0.2) is 0 Å². The van der Waals surface area contributed by atoms with Crippen LogP contribution >= 0.6 is 0 Å². The summed E-state index contributed by atoms with van der Waals surface area (Å²) in [6.07, 6.45) is 0. The maximum absolute atomic E-state index is 12.4. The van der Waals surface area contributed by atoms with Crippen molar-refractivity contribution in [1.82, 2.24) is 9.62 Å². The largest absolute Gasteiger partial charge is 0.464 e. The molecule has 24 heavy (non-hydrogen) atoms. The highest BCUT2D eigenvalue weighted by atomic mass is 32.2. The Labute approximate surface area is 143 Å². The van der Waals surface area contributed by atoms with E-state index in [0.717, 1.165) is 0 Å². The number of sulfonamides is 1. The summed E-state index contributed by atoms with van der Waals surface area (Å²) < 4.78 is 30.9. The number of amides is 1. The summed E-state index contributed by atoms with van der Waals surface area (Å²) in [5.74, 6) is -1.83. The van der Waals surface area contributed by atoms with Crippen LogP contribution in [0.4, 0.5) is 0 Å². The molecule has 1 aromatic carbocycles. The van der Waals surface area contributed by atoms with Crippen LogP contribution in [0.2, 0.25) is 0 Å². The average Bonchev–Trinajstić information content (AvgIpc) is 2.55. The summed E-state index contributed by atoms with van der Waals surface area (Å²) in [4.78, 5) is 24.3. The van der Waals surface area contributed by atoms with Crippen molar-refractivity contribution < 1.29 is 22.7 Å². The number of ether oxygens (including phenoxy) is 1. The molecule has 8 heteroatoms. The number of rotatable bonds is 9. The Morgan fingerprint density at radius 3 is 2.21 bits per heavy atom. The fourth-order valence-corrected chi connectivity index (χ4v) is 3.81. The number of carbonyl (C=O) groups excluding carboxylic acids is 2. The molecule has 0 aliphatic rings. The zero-order chi connectivity index (χ0) is 18.2. The van der Waals surface area contributed by atoms with Crippen LogP contribution in [0.5, 0.6) is 0 Å². The fourth-order valence-electron chi connectivity index (χ4n) is 2.18. The average molecular weight is 356 g/mol. The maximum Gasteiger partial charge on any atom is 0.329 e. The summed E-state index contributed by atoms with van der Waals surface area (Å²) in [6, 6.07) is 7.02. The van der Waals surface area contributed by atoms with Crippen LogP contribution in [0.1, 0.15) is 31.1 Å². The first kappa shape index (κ1) is 20.1. The number of nitrogens with one attached hydrogen (secondary N) is 1. The number of hydrogen-bond acceptors (Lipinski definition) is 5. The summed E-state index contributed by atoms with van der Waals surface area (Å²) in [5, 5.41) is 2.46. The van der Waals surface area contributed by atoms with E-state index in [9.17, 15) is 18.0 Å². The molecule has 0 radical (unpaired) electrons. The number of esters is 1. The van der Waals surface area contributed by atoms with Gasteiger partial charge in [0.25, 0.3) is 5.91 Å². The topological polar surface area (TPSA) is 92.8 Å². The first-order valence-electron chi connectivity index (χ1n) is 7.86. The van der Waals surface area contributed by atoms with Crippen molar-refractivity contribution in [3.63, 3.8) is 0 Å². The van der Waals surface area contributed by atoms with Gasteiger partial charge in [-0.25, -0.2) is 17.5 Å².